The Kier molecular flexibility index (Phi) is 6.03. The van der Waals surface area contributed by atoms with Crippen LogP contribution in [0, 0.1) is 0 Å². The van der Waals surface area contributed by atoms with Crippen LogP contribution in [-0.4, -0.2) is 24.5 Å². The van der Waals surface area contributed by atoms with Crippen LogP contribution in [0.5, 0.6) is 5.75 Å². The molecule has 0 bridgehead atoms. The number of benzene rings is 2. The topological polar surface area (TPSA) is 41.6 Å². The standard InChI is InChI=1S/C20H18F2N2O2S/c1-24(13-16-5-4-12-27-16)19(25)17-6-2-3-7-18(17)23-14-8-10-15(11-9-14)26-20(21)22/h2-12,20,23H,13H2,1H3. The van der Waals surface area contributed by atoms with Crippen molar-refractivity contribution in [1.82, 2.24) is 4.90 Å². The van der Waals surface area contributed by atoms with Crippen molar-refractivity contribution in [3.8, 4) is 5.75 Å². The van der Waals surface area contributed by atoms with E-state index < -0.39 is 6.61 Å². The maximum absolute atomic E-state index is 12.8. The lowest BCUT2D eigenvalue weighted by atomic mass is 10.1. The number of alkyl halides is 2. The monoisotopic (exact) mass is 388 g/mol. The summed E-state index contributed by atoms with van der Waals surface area (Å²) in [6, 6.07) is 17.3. The molecule has 1 N–H and O–H groups in total. The second-order valence-corrected chi connectivity index (χ2v) is 6.85. The van der Waals surface area contributed by atoms with Crippen molar-refractivity contribution < 1.29 is 18.3 Å². The first kappa shape index (κ1) is 18.8. The molecule has 3 rings (SSSR count). The molecule has 0 saturated heterocycles. The summed E-state index contributed by atoms with van der Waals surface area (Å²) in [5.41, 5.74) is 1.84. The Hall–Kier alpha value is -2.93. The predicted molar refractivity (Wildman–Crippen MR) is 103 cm³/mol. The van der Waals surface area contributed by atoms with Gasteiger partial charge in [-0.3, -0.25) is 4.79 Å². The first-order valence-electron chi connectivity index (χ1n) is 8.21. The first-order valence-corrected chi connectivity index (χ1v) is 9.09. The quantitative estimate of drug-likeness (QED) is 0.592. The molecule has 4 nitrogen and oxygen atoms in total. The van der Waals surface area contributed by atoms with Crippen molar-refractivity contribution in [1.29, 1.82) is 0 Å². The van der Waals surface area contributed by atoms with Crippen LogP contribution in [0.25, 0.3) is 0 Å². The van der Waals surface area contributed by atoms with Crippen molar-refractivity contribution in [3.63, 3.8) is 0 Å². The Morgan fingerprint density at radius 3 is 2.52 bits per heavy atom. The lowest BCUT2D eigenvalue weighted by Crippen LogP contribution is -2.26. The third-order valence-corrected chi connectivity index (χ3v) is 4.70. The molecule has 0 atom stereocenters. The molecule has 140 valence electrons. The number of thiophene rings is 1. The molecular weight excluding hydrogens is 370 g/mol. The molecule has 0 aliphatic heterocycles. The van der Waals surface area contributed by atoms with E-state index >= 15 is 0 Å². The van der Waals surface area contributed by atoms with Gasteiger partial charge >= 0.3 is 6.61 Å². The molecule has 0 spiro atoms. The van der Waals surface area contributed by atoms with Crippen LogP contribution in [0.1, 0.15) is 15.2 Å². The lowest BCUT2D eigenvalue weighted by Gasteiger charge is -2.19. The van der Waals surface area contributed by atoms with Gasteiger partial charge in [0.05, 0.1) is 17.8 Å². The van der Waals surface area contributed by atoms with E-state index in [1.54, 1.807) is 53.6 Å². The number of hydrogen-bond donors (Lipinski definition) is 1. The van der Waals surface area contributed by atoms with Crippen LogP contribution in [0.2, 0.25) is 0 Å². The van der Waals surface area contributed by atoms with Gasteiger partial charge in [0.2, 0.25) is 0 Å². The van der Waals surface area contributed by atoms with Gasteiger partial charge in [0, 0.05) is 17.6 Å². The van der Waals surface area contributed by atoms with Crippen LogP contribution >= 0.6 is 11.3 Å². The minimum atomic E-state index is -2.86. The van der Waals surface area contributed by atoms with Crippen LogP contribution in [0.4, 0.5) is 20.2 Å². The average molecular weight is 388 g/mol. The third-order valence-electron chi connectivity index (χ3n) is 3.84. The Morgan fingerprint density at radius 2 is 1.85 bits per heavy atom. The highest BCUT2D eigenvalue weighted by atomic mass is 32.1. The molecule has 1 heterocycles. The number of hydrogen-bond acceptors (Lipinski definition) is 4. The largest absolute Gasteiger partial charge is 0.435 e. The van der Waals surface area contributed by atoms with Crippen molar-refractivity contribution in [3.05, 3.63) is 76.5 Å². The summed E-state index contributed by atoms with van der Waals surface area (Å²) in [6.07, 6.45) is 0. The van der Waals surface area contributed by atoms with Gasteiger partial charge in [0.25, 0.3) is 5.91 Å². The number of nitrogens with one attached hydrogen (secondary N) is 1. The molecule has 1 amide bonds. The van der Waals surface area contributed by atoms with Gasteiger partial charge in [-0.1, -0.05) is 18.2 Å². The zero-order valence-corrected chi connectivity index (χ0v) is 15.4. The maximum atomic E-state index is 12.8. The van der Waals surface area contributed by atoms with E-state index in [4.69, 9.17) is 0 Å². The van der Waals surface area contributed by atoms with Gasteiger partial charge in [-0.2, -0.15) is 8.78 Å². The number of carbonyl (C=O) groups excluding carboxylic acids is 1. The fourth-order valence-corrected chi connectivity index (χ4v) is 3.32. The molecule has 0 radical (unpaired) electrons. The van der Waals surface area contributed by atoms with Gasteiger partial charge in [-0.05, 0) is 47.8 Å². The van der Waals surface area contributed by atoms with E-state index in [0.29, 0.717) is 23.5 Å². The second kappa shape index (κ2) is 8.64. The number of carbonyl (C=O) groups is 1. The lowest BCUT2D eigenvalue weighted by molar-refractivity contribution is -0.0498. The fraction of sp³-hybridized carbons (Fsp3) is 0.150. The second-order valence-electron chi connectivity index (χ2n) is 5.81. The minimum absolute atomic E-state index is 0.0793. The number of anilines is 2. The molecule has 2 aromatic carbocycles. The van der Waals surface area contributed by atoms with Crippen molar-refractivity contribution in [2.45, 2.75) is 13.2 Å². The molecule has 0 aliphatic carbocycles. The summed E-state index contributed by atoms with van der Waals surface area (Å²) in [5.74, 6) is -0.0280. The smallest absolute Gasteiger partial charge is 0.387 e. The minimum Gasteiger partial charge on any atom is -0.435 e. The molecule has 27 heavy (non-hydrogen) atoms. The highest BCUT2D eigenvalue weighted by Crippen LogP contribution is 2.25. The van der Waals surface area contributed by atoms with Crippen LogP contribution in [0.15, 0.2) is 66.0 Å². The van der Waals surface area contributed by atoms with E-state index in [0.717, 1.165) is 4.88 Å². The van der Waals surface area contributed by atoms with E-state index in [-0.39, 0.29) is 11.7 Å². The number of rotatable bonds is 7. The van der Waals surface area contributed by atoms with Crippen LogP contribution in [-0.2, 0) is 6.54 Å². The van der Waals surface area contributed by atoms with Gasteiger partial charge in [0.1, 0.15) is 5.75 Å². The van der Waals surface area contributed by atoms with Crippen molar-refractivity contribution in [2.24, 2.45) is 0 Å². The molecule has 3 aromatic rings. The summed E-state index contributed by atoms with van der Waals surface area (Å²) in [4.78, 5) is 15.6. The summed E-state index contributed by atoms with van der Waals surface area (Å²) in [6.45, 7) is -2.33. The molecule has 0 aliphatic rings. The Balaban J connectivity index is 1.74. The Bertz CT molecular complexity index is 883. The summed E-state index contributed by atoms with van der Waals surface area (Å²) < 4.78 is 28.8. The van der Waals surface area contributed by atoms with E-state index in [9.17, 15) is 13.6 Å². The van der Waals surface area contributed by atoms with Gasteiger partial charge in [-0.15, -0.1) is 11.3 Å². The predicted octanol–water partition coefficient (Wildman–Crippen LogP) is 5.37. The average Bonchev–Trinajstić information content (AvgIpc) is 3.16. The highest BCUT2D eigenvalue weighted by molar-refractivity contribution is 7.09. The third kappa shape index (κ3) is 5.04. The molecule has 0 unspecified atom stereocenters. The highest BCUT2D eigenvalue weighted by Gasteiger charge is 2.16. The van der Waals surface area contributed by atoms with Gasteiger partial charge < -0.3 is 15.0 Å². The summed E-state index contributed by atoms with van der Waals surface area (Å²) >= 11 is 1.60. The number of halogens is 2. The van der Waals surface area contributed by atoms with E-state index in [1.807, 2.05) is 23.6 Å². The fourth-order valence-electron chi connectivity index (χ4n) is 2.57. The maximum Gasteiger partial charge on any atom is 0.387 e. The molecular formula is C20H18F2N2O2S. The van der Waals surface area contributed by atoms with E-state index in [2.05, 4.69) is 10.1 Å². The SMILES string of the molecule is CN(Cc1cccs1)C(=O)c1ccccc1Nc1ccc(OC(F)F)cc1. The first-order chi connectivity index (χ1) is 13.0. The number of nitrogens with zero attached hydrogens (tertiary/aromatic N) is 1. The van der Waals surface area contributed by atoms with Gasteiger partial charge in [0.15, 0.2) is 0 Å². The number of amides is 1. The van der Waals surface area contributed by atoms with Crippen molar-refractivity contribution in [2.75, 3.05) is 12.4 Å². The normalized spacial score (nSPS) is 10.7. The summed E-state index contributed by atoms with van der Waals surface area (Å²) in [7, 11) is 1.76. The van der Waals surface area contributed by atoms with Crippen LogP contribution in [0.3, 0.4) is 0 Å². The molecule has 0 fully saturated rings. The number of ether oxygens (including phenoxy) is 1. The molecule has 7 heteroatoms. The molecule has 1 aromatic heterocycles. The van der Waals surface area contributed by atoms with E-state index in [1.165, 1.54) is 12.1 Å². The number of para-hydroxylation sites is 1. The molecule has 0 saturated carbocycles. The van der Waals surface area contributed by atoms with Crippen molar-refractivity contribution >= 4 is 28.6 Å². The zero-order valence-electron chi connectivity index (χ0n) is 14.6. The Morgan fingerprint density at radius 1 is 1.11 bits per heavy atom. The Labute approximate surface area is 160 Å². The summed E-state index contributed by atoms with van der Waals surface area (Å²) in [5, 5.41) is 5.14. The zero-order chi connectivity index (χ0) is 19.2. The van der Waals surface area contributed by atoms with Crippen LogP contribution < -0.4 is 10.1 Å². The van der Waals surface area contributed by atoms with Gasteiger partial charge in [-0.25, -0.2) is 0 Å².